The molecule has 0 amide bonds. The number of hydrogen-bond acceptors (Lipinski definition) is 3. The van der Waals surface area contributed by atoms with Crippen LogP contribution in [0.15, 0.2) is 47.1 Å². The zero-order valence-electron chi connectivity index (χ0n) is 15.0. The summed E-state index contributed by atoms with van der Waals surface area (Å²) in [4.78, 5) is 24.4. The Kier molecular flexibility index (Phi) is 6.06. The lowest BCUT2D eigenvalue weighted by Crippen LogP contribution is -2.40. The highest BCUT2D eigenvalue weighted by Crippen LogP contribution is 2.45. The molecule has 126 valence electrons. The van der Waals surface area contributed by atoms with Gasteiger partial charge in [-0.15, -0.1) is 0 Å². The fourth-order valence-electron chi connectivity index (χ4n) is 2.87. The third-order valence-corrected chi connectivity index (χ3v) is 4.42. The Morgan fingerprint density at radius 1 is 1.35 bits per heavy atom. The van der Waals surface area contributed by atoms with E-state index in [2.05, 4.69) is 6.08 Å². The summed E-state index contributed by atoms with van der Waals surface area (Å²) in [6.07, 6.45) is 10.1. The van der Waals surface area contributed by atoms with Crippen LogP contribution in [-0.4, -0.2) is 22.8 Å². The highest BCUT2D eigenvalue weighted by Gasteiger charge is 2.44. The molecule has 2 atom stereocenters. The molecule has 0 fully saturated rings. The molecule has 0 aromatic rings. The Morgan fingerprint density at radius 3 is 2.43 bits per heavy atom. The summed E-state index contributed by atoms with van der Waals surface area (Å²) < 4.78 is 0. The Balaban J connectivity index is 3.31. The number of hydrogen-bond donors (Lipinski definition) is 1. The molecule has 3 nitrogen and oxygen atoms in total. The number of aliphatic hydroxyl groups is 1. The molecule has 1 aliphatic rings. The smallest absolute Gasteiger partial charge is 0.166 e. The number of aldehydes is 1. The van der Waals surface area contributed by atoms with Gasteiger partial charge in [0.1, 0.15) is 6.29 Å². The number of carbonyl (C=O) groups is 2. The van der Waals surface area contributed by atoms with E-state index < -0.39 is 11.0 Å². The third-order valence-electron chi connectivity index (χ3n) is 4.42. The van der Waals surface area contributed by atoms with Crippen LogP contribution >= 0.6 is 0 Å². The molecular weight excluding hydrogens is 288 g/mol. The van der Waals surface area contributed by atoms with Crippen LogP contribution in [0, 0.1) is 11.3 Å². The zero-order valence-corrected chi connectivity index (χ0v) is 15.0. The first-order valence-electron chi connectivity index (χ1n) is 7.96. The Labute approximate surface area is 139 Å². The summed E-state index contributed by atoms with van der Waals surface area (Å²) >= 11 is 0. The van der Waals surface area contributed by atoms with Crippen LogP contribution in [0.5, 0.6) is 0 Å². The van der Waals surface area contributed by atoms with E-state index in [1.54, 1.807) is 19.9 Å². The first kappa shape index (κ1) is 19.3. The summed E-state index contributed by atoms with van der Waals surface area (Å²) in [7, 11) is 0. The van der Waals surface area contributed by atoms with Crippen LogP contribution in [0.25, 0.3) is 0 Å². The maximum Gasteiger partial charge on any atom is 0.166 e. The van der Waals surface area contributed by atoms with Gasteiger partial charge in [-0.3, -0.25) is 9.59 Å². The van der Waals surface area contributed by atoms with Crippen molar-refractivity contribution in [3.63, 3.8) is 0 Å². The normalized spacial score (nSPS) is 24.9. The summed E-state index contributed by atoms with van der Waals surface area (Å²) in [6.45, 7) is 11.1. The monoisotopic (exact) mass is 316 g/mol. The van der Waals surface area contributed by atoms with Gasteiger partial charge in [-0.1, -0.05) is 35.5 Å². The number of carbonyl (C=O) groups excluding carboxylic acids is 2. The predicted octanol–water partition coefficient (Wildman–Crippen LogP) is 3.95. The van der Waals surface area contributed by atoms with Gasteiger partial charge in [0.25, 0.3) is 0 Å². The molecule has 23 heavy (non-hydrogen) atoms. The van der Waals surface area contributed by atoms with Crippen molar-refractivity contribution in [2.24, 2.45) is 11.3 Å². The Hall–Kier alpha value is -1.74. The molecule has 0 saturated carbocycles. The van der Waals surface area contributed by atoms with Gasteiger partial charge in [-0.2, -0.15) is 0 Å². The van der Waals surface area contributed by atoms with Crippen LogP contribution < -0.4 is 0 Å². The molecule has 2 unspecified atom stereocenters. The van der Waals surface area contributed by atoms with Crippen LogP contribution in [0.2, 0.25) is 0 Å². The molecule has 0 saturated heterocycles. The second-order valence-electron chi connectivity index (χ2n) is 7.27. The predicted molar refractivity (Wildman–Crippen MR) is 94.0 cm³/mol. The van der Waals surface area contributed by atoms with E-state index in [9.17, 15) is 14.7 Å². The van der Waals surface area contributed by atoms with E-state index in [0.29, 0.717) is 12.0 Å². The lowest BCUT2D eigenvalue weighted by molar-refractivity contribution is -0.124. The maximum absolute atomic E-state index is 12.9. The fourth-order valence-corrected chi connectivity index (χ4v) is 2.87. The van der Waals surface area contributed by atoms with Gasteiger partial charge < -0.3 is 5.11 Å². The molecule has 0 aromatic carbocycles. The molecule has 0 radical (unpaired) electrons. The maximum atomic E-state index is 12.9. The lowest BCUT2D eigenvalue weighted by Gasteiger charge is -2.39. The zero-order chi connectivity index (χ0) is 17.8. The average molecular weight is 316 g/mol. The number of allylic oxidation sites excluding steroid dienone is 7. The highest BCUT2D eigenvalue weighted by atomic mass is 16.3. The minimum absolute atomic E-state index is 0.0680. The fraction of sp³-hybridized carbons (Fsp3) is 0.500. The molecule has 0 aromatic heterocycles. The van der Waals surface area contributed by atoms with E-state index in [-0.39, 0.29) is 11.7 Å². The average Bonchev–Trinajstić information content (AvgIpc) is 2.43. The van der Waals surface area contributed by atoms with Crippen LogP contribution in [0.3, 0.4) is 0 Å². The van der Waals surface area contributed by atoms with Crippen molar-refractivity contribution in [2.75, 3.05) is 0 Å². The van der Waals surface area contributed by atoms with Crippen LogP contribution in [0.4, 0.5) is 0 Å². The van der Waals surface area contributed by atoms with Crippen LogP contribution in [0.1, 0.15) is 48.0 Å². The highest BCUT2D eigenvalue weighted by molar-refractivity contribution is 6.02. The topological polar surface area (TPSA) is 54.4 Å². The lowest BCUT2D eigenvalue weighted by atomic mass is 9.62. The van der Waals surface area contributed by atoms with Crippen molar-refractivity contribution in [3.8, 4) is 0 Å². The summed E-state index contributed by atoms with van der Waals surface area (Å²) in [6, 6.07) is 0. The van der Waals surface area contributed by atoms with Gasteiger partial charge in [-0.05, 0) is 54.0 Å². The van der Waals surface area contributed by atoms with Gasteiger partial charge in [0.2, 0.25) is 0 Å². The summed E-state index contributed by atoms with van der Waals surface area (Å²) in [5.74, 6) is -0.223. The summed E-state index contributed by atoms with van der Waals surface area (Å²) in [5.41, 5.74) is 0.781. The molecule has 0 bridgehead atoms. The van der Waals surface area contributed by atoms with Gasteiger partial charge in [-0.25, -0.2) is 0 Å². The molecule has 0 spiro atoms. The van der Waals surface area contributed by atoms with Crippen molar-refractivity contribution >= 4 is 12.1 Å². The van der Waals surface area contributed by atoms with Crippen molar-refractivity contribution in [2.45, 2.75) is 53.6 Å². The summed E-state index contributed by atoms with van der Waals surface area (Å²) in [5, 5.41) is 9.82. The van der Waals surface area contributed by atoms with Gasteiger partial charge in [0, 0.05) is 11.5 Å². The quantitative estimate of drug-likeness (QED) is 0.458. The standard InChI is InChI=1S/C20H28O3/c1-14(2)7-10-17-15(3)8-9-16(13-21)20(17,6)18(22)11-12-19(4,5)23/h7-9,11-13,17,23H,10H2,1-6H3. The number of rotatable bonds is 6. The van der Waals surface area contributed by atoms with E-state index in [0.717, 1.165) is 11.9 Å². The second kappa shape index (κ2) is 7.22. The Bertz CT molecular complexity index is 593. The minimum Gasteiger partial charge on any atom is -0.386 e. The molecule has 3 heteroatoms. The van der Waals surface area contributed by atoms with E-state index in [1.165, 1.54) is 17.7 Å². The largest absolute Gasteiger partial charge is 0.386 e. The van der Waals surface area contributed by atoms with Crippen molar-refractivity contribution in [3.05, 3.63) is 47.1 Å². The SMILES string of the molecule is CC(C)=CCC1C(C)=CC=C(C=O)C1(C)C(=O)C=CC(C)(C)O. The van der Waals surface area contributed by atoms with Crippen LogP contribution in [-0.2, 0) is 9.59 Å². The van der Waals surface area contributed by atoms with E-state index >= 15 is 0 Å². The van der Waals surface area contributed by atoms with Crippen molar-refractivity contribution < 1.29 is 14.7 Å². The molecule has 1 N–H and O–H groups in total. The Morgan fingerprint density at radius 2 is 1.96 bits per heavy atom. The second-order valence-corrected chi connectivity index (χ2v) is 7.27. The molecule has 0 heterocycles. The number of ketones is 1. The first-order valence-corrected chi connectivity index (χ1v) is 7.96. The van der Waals surface area contributed by atoms with E-state index in [1.807, 2.05) is 33.8 Å². The molecular formula is C20H28O3. The van der Waals surface area contributed by atoms with Gasteiger partial charge in [0.15, 0.2) is 5.78 Å². The molecule has 0 aliphatic heterocycles. The van der Waals surface area contributed by atoms with Crippen molar-refractivity contribution in [1.29, 1.82) is 0 Å². The third kappa shape index (κ3) is 4.61. The van der Waals surface area contributed by atoms with E-state index in [4.69, 9.17) is 0 Å². The minimum atomic E-state index is -1.06. The molecule has 1 rings (SSSR count). The first-order chi connectivity index (χ1) is 10.5. The van der Waals surface area contributed by atoms with Gasteiger partial charge in [0.05, 0.1) is 11.0 Å². The van der Waals surface area contributed by atoms with Gasteiger partial charge >= 0.3 is 0 Å². The molecule has 1 aliphatic carbocycles. The van der Waals surface area contributed by atoms with Crippen molar-refractivity contribution in [1.82, 2.24) is 0 Å².